The van der Waals surface area contributed by atoms with Crippen LogP contribution in [0.25, 0.3) is 0 Å². The normalized spacial score (nSPS) is 27.2. The van der Waals surface area contributed by atoms with Gasteiger partial charge in [0.15, 0.2) is 5.96 Å². The fourth-order valence-electron chi connectivity index (χ4n) is 4.64. The number of allylic oxidation sites excluding steroid dienone is 2. The van der Waals surface area contributed by atoms with E-state index in [4.69, 9.17) is 11.5 Å². The average Bonchev–Trinajstić information content (AvgIpc) is 2.75. The molecule has 0 saturated carbocycles. The van der Waals surface area contributed by atoms with E-state index < -0.39 is 16.1 Å². The van der Waals surface area contributed by atoms with Crippen molar-refractivity contribution >= 4 is 21.9 Å². The summed E-state index contributed by atoms with van der Waals surface area (Å²) in [6.07, 6.45) is 10.3. The number of sulfonamides is 1. The molecule has 0 bridgehead atoms. The third kappa shape index (κ3) is 6.30. The highest BCUT2D eigenvalue weighted by Crippen LogP contribution is 2.31. The van der Waals surface area contributed by atoms with E-state index in [1.54, 1.807) is 11.0 Å². The van der Waals surface area contributed by atoms with Gasteiger partial charge in [-0.25, -0.2) is 8.42 Å². The first-order valence-corrected chi connectivity index (χ1v) is 12.7. The van der Waals surface area contributed by atoms with E-state index in [0.29, 0.717) is 43.3 Å². The maximum atomic E-state index is 13.4. The summed E-state index contributed by atoms with van der Waals surface area (Å²) in [5, 5.41) is 3.38. The number of nitrogens with one attached hydrogen (secondary N) is 2. The molecule has 4 atom stereocenters. The Hall–Kier alpha value is -1.91. The molecule has 1 aliphatic carbocycles. The predicted octanol–water partition coefficient (Wildman–Crippen LogP) is 0.408. The van der Waals surface area contributed by atoms with Crippen LogP contribution in [0.5, 0.6) is 0 Å². The Morgan fingerprint density at radius 1 is 1.32 bits per heavy atom. The van der Waals surface area contributed by atoms with E-state index >= 15 is 0 Å². The standard InChI is InChI=1S/C21H36N6O3S/c1-15-13-16-7-5-9-18(19(16)25-14-15)31(29,30)26-17(8-6-10-24-21(22)23)20(28)27-11-3-2-4-12-27/h5,7,9,15-17,19,25-26H,2-4,6,8,10-14H2,1H3,(H4,22,23,24)/t15?,16?,17-,19?/m0/s1. The summed E-state index contributed by atoms with van der Waals surface area (Å²) in [6.45, 7) is 4.62. The Morgan fingerprint density at radius 2 is 2.06 bits per heavy atom. The number of guanidine groups is 1. The number of fused-ring (bicyclic) bond motifs is 1. The van der Waals surface area contributed by atoms with E-state index in [2.05, 4.69) is 28.0 Å². The fraction of sp³-hybridized carbons (Fsp3) is 0.714. The van der Waals surface area contributed by atoms with Crippen LogP contribution in [0.15, 0.2) is 28.1 Å². The molecule has 2 aliphatic heterocycles. The SMILES string of the molecule is CC1CNC2C(S(=O)(=O)N[C@@H](CCCN=C(N)N)C(=O)N3CCCCC3)=CC=CC2C1. The number of amides is 1. The van der Waals surface area contributed by atoms with Gasteiger partial charge in [0.25, 0.3) is 0 Å². The smallest absolute Gasteiger partial charge is 0.240 e. The first-order chi connectivity index (χ1) is 14.8. The molecule has 3 unspecified atom stereocenters. The molecular weight excluding hydrogens is 416 g/mol. The molecule has 174 valence electrons. The summed E-state index contributed by atoms with van der Waals surface area (Å²) >= 11 is 0. The lowest BCUT2D eigenvalue weighted by Gasteiger charge is -2.37. The van der Waals surface area contributed by atoms with Crippen molar-refractivity contribution in [3.05, 3.63) is 23.1 Å². The number of hydrogen-bond donors (Lipinski definition) is 4. The minimum absolute atomic E-state index is 0.0118. The quantitative estimate of drug-likeness (QED) is 0.239. The van der Waals surface area contributed by atoms with E-state index in [9.17, 15) is 13.2 Å². The Bertz CT molecular complexity index is 828. The third-order valence-corrected chi connectivity index (χ3v) is 7.84. The highest BCUT2D eigenvalue weighted by atomic mass is 32.2. The molecule has 0 radical (unpaired) electrons. The van der Waals surface area contributed by atoms with Gasteiger partial charge >= 0.3 is 0 Å². The molecule has 0 aromatic heterocycles. The van der Waals surface area contributed by atoms with Crippen molar-refractivity contribution in [1.29, 1.82) is 0 Å². The maximum Gasteiger partial charge on any atom is 0.240 e. The molecule has 31 heavy (non-hydrogen) atoms. The van der Waals surface area contributed by atoms with Gasteiger partial charge in [-0.15, -0.1) is 0 Å². The van der Waals surface area contributed by atoms with Crippen LogP contribution < -0.4 is 21.5 Å². The second-order valence-corrected chi connectivity index (χ2v) is 10.6. The lowest BCUT2D eigenvalue weighted by Crippen LogP contribution is -2.53. The Morgan fingerprint density at radius 3 is 2.77 bits per heavy atom. The monoisotopic (exact) mass is 452 g/mol. The number of piperidine rings is 2. The lowest BCUT2D eigenvalue weighted by molar-refractivity contribution is -0.134. The molecular formula is C21H36N6O3S. The number of nitrogens with two attached hydrogens (primary N) is 2. The summed E-state index contributed by atoms with van der Waals surface area (Å²) in [4.78, 5) is 19.2. The first kappa shape index (κ1) is 23.7. The second kappa shape index (κ2) is 10.6. The van der Waals surface area contributed by atoms with Crippen LogP contribution in [-0.4, -0.2) is 63.4 Å². The summed E-state index contributed by atoms with van der Waals surface area (Å²) in [7, 11) is -3.84. The third-order valence-electron chi connectivity index (χ3n) is 6.23. The van der Waals surface area contributed by atoms with E-state index in [1.165, 1.54) is 0 Å². The van der Waals surface area contributed by atoms with Gasteiger partial charge in [0.2, 0.25) is 15.9 Å². The molecule has 0 spiro atoms. The molecule has 10 heteroatoms. The van der Waals surface area contributed by atoms with Gasteiger partial charge in [-0.05, 0) is 63.0 Å². The molecule has 9 nitrogen and oxygen atoms in total. The number of hydrogen-bond acceptors (Lipinski definition) is 5. The molecule has 3 rings (SSSR count). The predicted molar refractivity (Wildman–Crippen MR) is 122 cm³/mol. The van der Waals surface area contributed by atoms with Gasteiger partial charge in [-0.2, -0.15) is 4.72 Å². The van der Waals surface area contributed by atoms with Gasteiger partial charge < -0.3 is 21.7 Å². The minimum atomic E-state index is -3.84. The zero-order valence-corrected chi connectivity index (χ0v) is 19.1. The zero-order chi connectivity index (χ0) is 22.4. The number of nitrogens with zero attached hydrogens (tertiary/aromatic N) is 2. The molecule has 2 heterocycles. The highest BCUT2D eigenvalue weighted by Gasteiger charge is 2.38. The van der Waals surface area contributed by atoms with Crippen molar-refractivity contribution in [2.24, 2.45) is 28.3 Å². The van der Waals surface area contributed by atoms with Crippen LogP contribution in [0.1, 0.15) is 45.4 Å². The summed E-state index contributed by atoms with van der Waals surface area (Å²) < 4.78 is 29.5. The average molecular weight is 453 g/mol. The molecule has 0 aromatic carbocycles. The van der Waals surface area contributed by atoms with Crippen LogP contribution in [-0.2, 0) is 14.8 Å². The summed E-state index contributed by atoms with van der Waals surface area (Å²) in [5.41, 5.74) is 10.8. The number of likely N-dealkylation sites (tertiary alicyclic amines) is 1. The van der Waals surface area contributed by atoms with Gasteiger partial charge in [0, 0.05) is 19.6 Å². The van der Waals surface area contributed by atoms with Crippen LogP contribution in [0, 0.1) is 11.8 Å². The van der Waals surface area contributed by atoms with Gasteiger partial charge in [0.1, 0.15) is 6.04 Å². The summed E-state index contributed by atoms with van der Waals surface area (Å²) in [5.74, 6) is 0.451. The van der Waals surface area contributed by atoms with Crippen LogP contribution in [0.3, 0.4) is 0 Å². The second-order valence-electron chi connectivity index (χ2n) is 8.85. The highest BCUT2D eigenvalue weighted by molar-refractivity contribution is 7.93. The largest absolute Gasteiger partial charge is 0.370 e. The maximum absolute atomic E-state index is 13.4. The Labute approximate surface area is 185 Å². The Balaban J connectivity index is 1.74. The van der Waals surface area contributed by atoms with E-state index in [0.717, 1.165) is 32.2 Å². The topological polar surface area (TPSA) is 143 Å². The molecule has 1 amide bonds. The van der Waals surface area contributed by atoms with Gasteiger partial charge in [-0.3, -0.25) is 9.79 Å². The van der Waals surface area contributed by atoms with Crippen molar-refractivity contribution in [1.82, 2.24) is 14.9 Å². The molecule has 3 aliphatic rings. The minimum Gasteiger partial charge on any atom is -0.370 e. The number of aliphatic imine (C=N–C) groups is 1. The molecule has 0 aromatic rings. The fourth-order valence-corrected chi connectivity index (χ4v) is 6.22. The van der Waals surface area contributed by atoms with Crippen molar-refractivity contribution < 1.29 is 13.2 Å². The van der Waals surface area contributed by atoms with Crippen molar-refractivity contribution in [2.45, 2.75) is 57.5 Å². The van der Waals surface area contributed by atoms with Crippen molar-refractivity contribution in [3.8, 4) is 0 Å². The van der Waals surface area contributed by atoms with Crippen LogP contribution in [0.2, 0.25) is 0 Å². The van der Waals surface area contributed by atoms with Gasteiger partial charge in [-0.1, -0.05) is 19.1 Å². The molecule has 6 N–H and O–H groups in total. The number of rotatable bonds is 8. The zero-order valence-electron chi connectivity index (χ0n) is 18.3. The number of carbonyl (C=O) groups is 1. The molecule has 2 saturated heterocycles. The number of carbonyl (C=O) groups excluding carboxylic acids is 1. The van der Waals surface area contributed by atoms with Crippen molar-refractivity contribution in [2.75, 3.05) is 26.2 Å². The molecule has 2 fully saturated rings. The van der Waals surface area contributed by atoms with E-state index in [1.807, 2.05) is 6.08 Å². The lowest BCUT2D eigenvalue weighted by atomic mass is 9.83. The van der Waals surface area contributed by atoms with Crippen LogP contribution in [0.4, 0.5) is 0 Å². The summed E-state index contributed by atoms with van der Waals surface area (Å²) in [6, 6.07) is -1.09. The van der Waals surface area contributed by atoms with E-state index in [-0.39, 0.29) is 23.8 Å². The van der Waals surface area contributed by atoms with Crippen LogP contribution >= 0.6 is 0 Å². The Kier molecular flexibility index (Phi) is 8.12. The van der Waals surface area contributed by atoms with Gasteiger partial charge in [0.05, 0.1) is 10.9 Å². The van der Waals surface area contributed by atoms with Crippen molar-refractivity contribution in [3.63, 3.8) is 0 Å². The first-order valence-electron chi connectivity index (χ1n) is 11.3.